The first-order valence-corrected chi connectivity index (χ1v) is 11.6. The van der Waals surface area contributed by atoms with Crippen molar-refractivity contribution in [2.45, 2.75) is 30.0 Å². The molecule has 156 valence electrons. The summed E-state index contributed by atoms with van der Waals surface area (Å²) in [7, 11) is 0. The molecule has 0 radical (unpaired) electrons. The number of nitrogens with zero attached hydrogens (tertiary/aromatic N) is 3. The van der Waals surface area contributed by atoms with Gasteiger partial charge in [0.15, 0.2) is 0 Å². The molecular weight excluding hydrogens is 385 g/mol. The van der Waals surface area contributed by atoms with E-state index in [1.165, 1.54) is 16.5 Å². The fraction of sp³-hybridized carbons (Fsp3) is 0.478. The molecule has 2 aromatic carbocycles. The molecule has 2 aliphatic heterocycles. The van der Waals surface area contributed by atoms with Crippen molar-refractivity contribution < 1.29 is 9.50 Å². The fourth-order valence-corrected chi connectivity index (χ4v) is 4.95. The Kier molecular flexibility index (Phi) is 6.75. The second kappa shape index (κ2) is 9.47. The number of thioether (sulfide) groups is 1. The molecule has 6 heteroatoms. The zero-order chi connectivity index (χ0) is 20.2. The van der Waals surface area contributed by atoms with Crippen molar-refractivity contribution in [3.05, 3.63) is 59.9 Å². The summed E-state index contributed by atoms with van der Waals surface area (Å²) in [4.78, 5) is 8.14. The average Bonchev–Trinajstić information content (AvgIpc) is 2.75. The lowest BCUT2D eigenvalue weighted by molar-refractivity contribution is -0.0172. The van der Waals surface area contributed by atoms with Crippen LogP contribution >= 0.6 is 11.8 Å². The van der Waals surface area contributed by atoms with Crippen molar-refractivity contribution in [3.63, 3.8) is 0 Å². The molecule has 2 saturated heterocycles. The first-order valence-electron chi connectivity index (χ1n) is 10.4. The van der Waals surface area contributed by atoms with Crippen molar-refractivity contribution in [1.29, 1.82) is 0 Å². The SMILES string of the molecule is CSc1ccc(CN2CC[C@H](N3CCN(c4ccccc4F)CC3)[C@@H](O)C2)cc1. The van der Waals surface area contributed by atoms with Gasteiger partial charge in [0.25, 0.3) is 0 Å². The van der Waals surface area contributed by atoms with E-state index in [2.05, 4.69) is 45.2 Å². The Bertz CT molecular complexity index is 795. The molecule has 29 heavy (non-hydrogen) atoms. The summed E-state index contributed by atoms with van der Waals surface area (Å²) in [5.74, 6) is -0.153. The highest BCUT2D eigenvalue weighted by Gasteiger charge is 2.33. The van der Waals surface area contributed by atoms with Crippen molar-refractivity contribution in [1.82, 2.24) is 9.80 Å². The highest BCUT2D eigenvalue weighted by Crippen LogP contribution is 2.24. The number of rotatable bonds is 5. The van der Waals surface area contributed by atoms with Gasteiger partial charge in [-0.05, 0) is 42.5 Å². The van der Waals surface area contributed by atoms with Crippen LogP contribution in [-0.4, -0.2) is 72.6 Å². The molecular formula is C23H30FN3OS. The number of hydrogen-bond donors (Lipinski definition) is 1. The fourth-order valence-electron chi connectivity index (χ4n) is 4.55. The zero-order valence-electron chi connectivity index (χ0n) is 17.0. The van der Waals surface area contributed by atoms with Crippen LogP contribution in [0.4, 0.5) is 10.1 Å². The first kappa shape index (κ1) is 20.7. The quantitative estimate of drug-likeness (QED) is 0.757. The largest absolute Gasteiger partial charge is 0.390 e. The normalized spacial score (nSPS) is 24.0. The Hall–Kier alpha value is -1.60. The number of piperazine rings is 1. The Labute approximate surface area is 177 Å². The molecule has 0 unspecified atom stereocenters. The van der Waals surface area contributed by atoms with Gasteiger partial charge in [0.2, 0.25) is 0 Å². The van der Waals surface area contributed by atoms with Gasteiger partial charge in [-0.1, -0.05) is 24.3 Å². The second-order valence-corrected chi connectivity index (χ2v) is 8.86. The zero-order valence-corrected chi connectivity index (χ0v) is 17.8. The molecule has 2 fully saturated rings. The maximum atomic E-state index is 14.1. The van der Waals surface area contributed by atoms with E-state index < -0.39 is 0 Å². The smallest absolute Gasteiger partial charge is 0.146 e. The minimum Gasteiger partial charge on any atom is -0.390 e. The summed E-state index contributed by atoms with van der Waals surface area (Å²) in [6.45, 7) is 5.94. The third-order valence-electron chi connectivity index (χ3n) is 6.17. The van der Waals surface area contributed by atoms with Gasteiger partial charge in [-0.25, -0.2) is 4.39 Å². The van der Waals surface area contributed by atoms with E-state index in [4.69, 9.17) is 0 Å². The molecule has 0 amide bonds. The third kappa shape index (κ3) is 4.94. The number of benzene rings is 2. The lowest BCUT2D eigenvalue weighted by Gasteiger charge is -2.45. The van der Waals surface area contributed by atoms with Crippen molar-refractivity contribution in [2.24, 2.45) is 0 Å². The number of piperidine rings is 1. The number of halogens is 1. The molecule has 0 saturated carbocycles. The monoisotopic (exact) mass is 415 g/mol. The predicted octanol–water partition coefficient (Wildman–Crippen LogP) is 3.31. The summed E-state index contributed by atoms with van der Waals surface area (Å²) in [5, 5.41) is 10.8. The third-order valence-corrected chi connectivity index (χ3v) is 6.92. The standard InChI is InChI=1S/C23H30FN3OS/c1-29-19-8-6-18(7-9-19)16-25-11-10-22(23(28)17-25)27-14-12-26(13-15-27)21-5-3-2-4-20(21)24/h2-9,22-23,28H,10-17H2,1H3/t22-,23-/m0/s1. The second-order valence-electron chi connectivity index (χ2n) is 7.98. The van der Waals surface area contributed by atoms with Crippen LogP contribution in [0.15, 0.2) is 53.4 Å². The van der Waals surface area contributed by atoms with E-state index in [9.17, 15) is 9.50 Å². The summed E-state index contributed by atoms with van der Waals surface area (Å²) in [5.41, 5.74) is 1.99. The average molecular weight is 416 g/mol. The molecule has 1 N–H and O–H groups in total. The van der Waals surface area contributed by atoms with Crippen LogP contribution in [-0.2, 0) is 6.54 Å². The number of hydrogen-bond acceptors (Lipinski definition) is 5. The molecule has 2 aromatic rings. The van der Waals surface area contributed by atoms with E-state index in [0.29, 0.717) is 12.2 Å². The number of aliphatic hydroxyl groups excluding tert-OH is 1. The van der Waals surface area contributed by atoms with Gasteiger partial charge in [-0.15, -0.1) is 11.8 Å². The molecule has 2 heterocycles. The lowest BCUT2D eigenvalue weighted by Crippen LogP contribution is -2.58. The van der Waals surface area contributed by atoms with E-state index in [1.807, 2.05) is 12.1 Å². The van der Waals surface area contributed by atoms with Gasteiger partial charge in [0.1, 0.15) is 5.82 Å². The van der Waals surface area contributed by atoms with Crippen LogP contribution in [0.5, 0.6) is 0 Å². The van der Waals surface area contributed by atoms with Gasteiger partial charge >= 0.3 is 0 Å². The molecule has 4 rings (SSSR count). The number of aliphatic hydroxyl groups is 1. The summed E-state index contributed by atoms with van der Waals surface area (Å²) in [6.07, 6.45) is 2.73. The molecule has 2 aliphatic rings. The highest BCUT2D eigenvalue weighted by atomic mass is 32.2. The van der Waals surface area contributed by atoms with Gasteiger partial charge in [-0.2, -0.15) is 0 Å². The molecule has 0 aromatic heterocycles. The van der Waals surface area contributed by atoms with Crippen molar-refractivity contribution in [2.75, 3.05) is 50.4 Å². The number of para-hydroxylation sites is 1. The van der Waals surface area contributed by atoms with Gasteiger partial charge in [-0.3, -0.25) is 9.80 Å². The predicted molar refractivity (Wildman–Crippen MR) is 118 cm³/mol. The van der Waals surface area contributed by atoms with E-state index in [0.717, 1.165) is 45.7 Å². The maximum Gasteiger partial charge on any atom is 0.146 e. The maximum absolute atomic E-state index is 14.1. The summed E-state index contributed by atoms with van der Waals surface area (Å²) < 4.78 is 14.1. The van der Waals surface area contributed by atoms with Gasteiger partial charge in [0, 0.05) is 56.8 Å². The lowest BCUT2D eigenvalue weighted by atomic mass is 9.98. The molecule has 4 nitrogen and oxygen atoms in total. The number of likely N-dealkylation sites (tertiary alicyclic amines) is 1. The summed E-state index contributed by atoms with van der Waals surface area (Å²) in [6, 6.07) is 15.9. The highest BCUT2D eigenvalue weighted by molar-refractivity contribution is 7.98. The Morgan fingerprint density at radius 1 is 1.00 bits per heavy atom. The first-order chi connectivity index (χ1) is 14.1. The molecule has 0 spiro atoms. The van der Waals surface area contributed by atoms with Gasteiger partial charge < -0.3 is 10.0 Å². The van der Waals surface area contributed by atoms with Crippen molar-refractivity contribution >= 4 is 17.4 Å². The Morgan fingerprint density at radius 3 is 2.38 bits per heavy atom. The Morgan fingerprint density at radius 2 is 1.72 bits per heavy atom. The minimum atomic E-state index is -0.339. The van der Waals surface area contributed by atoms with Crippen LogP contribution in [0.3, 0.4) is 0 Å². The van der Waals surface area contributed by atoms with Crippen LogP contribution in [0.1, 0.15) is 12.0 Å². The van der Waals surface area contributed by atoms with E-state index in [-0.39, 0.29) is 18.0 Å². The number of β-amino-alcohol motifs (C(OH)–C–C–N with tert-alkyl or cyclic N) is 1. The number of anilines is 1. The van der Waals surface area contributed by atoms with Crippen LogP contribution in [0.2, 0.25) is 0 Å². The molecule has 2 atom stereocenters. The van der Waals surface area contributed by atoms with Gasteiger partial charge in [0.05, 0.1) is 11.8 Å². The Balaban J connectivity index is 1.28. The topological polar surface area (TPSA) is 30.0 Å². The van der Waals surface area contributed by atoms with E-state index in [1.54, 1.807) is 17.8 Å². The summed E-state index contributed by atoms with van der Waals surface area (Å²) >= 11 is 1.76. The minimum absolute atomic E-state index is 0.153. The van der Waals surface area contributed by atoms with Crippen LogP contribution in [0.25, 0.3) is 0 Å². The van der Waals surface area contributed by atoms with Crippen LogP contribution < -0.4 is 4.90 Å². The molecule has 0 aliphatic carbocycles. The van der Waals surface area contributed by atoms with Crippen molar-refractivity contribution in [3.8, 4) is 0 Å². The van der Waals surface area contributed by atoms with Crippen LogP contribution in [0, 0.1) is 5.82 Å². The van der Waals surface area contributed by atoms with E-state index >= 15 is 0 Å². The molecule has 0 bridgehead atoms.